The Bertz CT molecular complexity index is 229. The molecule has 88 valence electrons. The molecule has 15 heavy (non-hydrogen) atoms. The van der Waals surface area contributed by atoms with Crippen LogP contribution in [0.3, 0.4) is 0 Å². The summed E-state index contributed by atoms with van der Waals surface area (Å²) in [5.74, 6) is -0.808. The number of alkyl halides is 3. The average molecular weight is 224 g/mol. The molecule has 1 saturated carbocycles. The van der Waals surface area contributed by atoms with E-state index in [1.165, 1.54) is 6.92 Å². The van der Waals surface area contributed by atoms with E-state index in [0.29, 0.717) is 12.8 Å². The van der Waals surface area contributed by atoms with Crippen LogP contribution in [0.5, 0.6) is 0 Å². The van der Waals surface area contributed by atoms with Gasteiger partial charge in [-0.3, -0.25) is 4.79 Å². The number of aliphatic hydroxyl groups is 1. The van der Waals surface area contributed by atoms with Crippen LogP contribution in [0.4, 0.5) is 13.2 Å². The van der Waals surface area contributed by atoms with Crippen LogP contribution in [0, 0.1) is 11.8 Å². The van der Waals surface area contributed by atoms with E-state index in [9.17, 15) is 18.0 Å². The van der Waals surface area contributed by atoms with Crippen LogP contribution in [0.1, 0.15) is 32.6 Å². The van der Waals surface area contributed by atoms with Crippen molar-refractivity contribution >= 4 is 5.78 Å². The SMILES string of the molecule is CC(=O)C1CCC(C(O)C(F)(F)F)CC1. The van der Waals surface area contributed by atoms with Crippen LogP contribution in [-0.4, -0.2) is 23.2 Å². The lowest BCUT2D eigenvalue weighted by atomic mass is 9.78. The highest BCUT2D eigenvalue weighted by Crippen LogP contribution is 2.36. The van der Waals surface area contributed by atoms with Crippen LogP contribution in [0.25, 0.3) is 0 Å². The van der Waals surface area contributed by atoms with Gasteiger partial charge in [-0.25, -0.2) is 0 Å². The maximum absolute atomic E-state index is 12.2. The summed E-state index contributed by atoms with van der Waals surface area (Å²) < 4.78 is 36.5. The number of Topliss-reactive ketones (excluding diaryl/α,β-unsaturated/α-hetero) is 1. The summed E-state index contributed by atoms with van der Waals surface area (Å²) in [6, 6.07) is 0. The summed E-state index contributed by atoms with van der Waals surface area (Å²) in [5, 5.41) is 9.03. The largest absolute Gasteiger partial charge is 0.414 e. The summed E-state index contributed by atoms with van der Waals surface area (Å²) in [5.41, 5.74) is 0. The molecule has 0 heterocycles. The molecule has 0 aromatic heterocycles. The summed E-state index contributed by atoms with van der Waals surface area (Å²) in [6.45, 7) is 1.46. The summed E-state index contributed by atoms with van der Waals surface area (Å²) in [4.78, 5) is 11.0. The minimum absolute atomic E-state index is 0.0370. The summed E-state index contributed by atoms with van der Waals surface area (Å²) in [7, 11) is 0. The van der Waals surface area contributed by atoms with Gasteiger partial charge < -0.3 is 5.11 Å². The fourth-order valence-corrected chi connectivity index (χ4v) is 2.11. The topological polar surface area (TPSA) is 37.3 Å². The molecule has 0 amide bonds. The van der Waals surface area contributed by atoms with E-state index >= 15 is 0 Å². The Balaban J connectivity index is 2.47. The van der Waals surface area contributed by atoms with Gasteiger partial charge in [0, 0.05) is 5.92 Å². The number of carbonyl (C=O) groups is 1. The fourth-order valence-electron chi connectivity index (χ4n) is 2.11. The molecule has 2 nitrogen and oxygen atoms in total. The molecule has 0 aromatic carbocycles. The molecule has 5 heteroatoms. The predicted octanol–water partition coefficient (Wildman–Crippen LogP) is 2.31. The quantitative estimate of drug-likeness (QED) is 0.781. The molecule has 1 fully saturated rings. The zero-order valence-electron chi connectivity index (χ0n) is 8.55. The molecule has 0 aliphatic heterocycles. The molecule has 0 saturated heterocycles. The molecule has 0 aromatic rings. The first-order chi connectivity index (χ1) is 6.82. The van der Waals surface area contributed by atoms with Crippen molar-refractivity contribution in [1.29, 1.82) is 0 Å². The van der Waals surface area contributed by atoms with Gasteiger partial charge in [-0.2, -0.15) is 13.2 Å². The molecule has 1 aliphatic carbocycles. The van der Waals surface area contributed by atoms with Gasteiger partial charge in [0.25, 0.3) is 0 Å². The molecular weight excluding hydrogens is 209 g/mol. The van der Waals surface area contributed by atoms with E-state index in [0.717, 1.165) is 0 Å². The van der Waals surface area contributed by atoms with E-state index < -0.39 is 18.2 Å². The van der Waals surface area contributed by atoms with Crippen LogP contribution in [0.15, 0.2) is 0 Å². The first-order valence-electron chi connectivity index (χ1n) is 5.07. The number of aliphatic hydroxyl groups excluding tert-OH is 1. The van der Waals surface area contributed by atoms with Gasteiger partial charge in [-0.15, -0.1) is 0 Å². The molecule has 0 radical (unpaired) electrons. The highest BCUT2D eigenvalue weighted by molar-refractivity contribution is 5.78. The molecule has 0 spiro atoms. The Labute approximate surface area is 86.5 Å². The first kappa shape index (κ1) is 12.5. The number of carbonyl (C=O) groups excluding carboxylic acids is 1. The highest BCUT2D eigenvalue weighted by Gasteiger charge is 2.44. The molecule has 0 bridgehead atoms. The Hall–Kier alpha value is -0.580. The van der Waals surface area contributed by atoms with E-state index in [2.05, 4.69) is 0 Å². The second-order valence-electron chi connectivity index (χ2n) is 4.21. The molecule has 1 N–H and O–H groups in total. The number of hydrogen-bond acceptors (Lipinski definition) is 2. The minimum Gasteiger partial charge on any atom is -0.383 e. The Morgan fingerprint density at radius 1 is 1.27 bits per heavy atom. The number of hydrogen-bond donors (Lipinski definition) is 1. The molecule has 1 aliphatic rings. The van der Waals surface area contributed by atoms with Crippen molar-refractivity contribution < 1.29 is 23.1 Å². The second kappa shape index (κ2) is 4.51. The third-order valence-electron chi connectivity index (χ3n) is 3.13. The minimum atomic E-state index is -4.53. The highest BCUT2D eigenvalue weighted by atomic mass is 19.4. The number of halogens is 3. The van der Waals surface area contributed by atoms with Crippen LogP contribution in [-0.2, 0) is 4.79 Å². The lowest BCUT2D eigenvalue weighted by Crippen LogP contribution is -2.38. The van der Waals surface area contributed by atoms with Crippen molar-refractivity contribution in [1.82, 2.24) is 0 Å². The van der Waals surface area contributed by atoms with E-state index in [4.69, 9.17) is 5.11 Å². The van der Waals surface area contributed by atoms with Gasteiger partial charge in [0.15, 0.2) is 6.10 Å². The molecule has 1 rings (SSSR count). The second-order valence-corrected chi connectivity index (χ2v) is 4.21. The average Bonchev–Trinajstić information content (AvgIpc) is 2.15. The Morgan fingerprint density at radius 3 is 2.07 bits per heavy atom. The van der Waals surface area contributed by atoms with E-state index in [-0.39, 0.29) is 24.5 Å². The fraction of sp³-hybridized carbons (Fsp3) is 0.900. The van der Waals surface area contributed by atoms with Crippen molar-refractivity contribution in [3.05, 3.63) is 0 Å². The van der Waals surface area contributed by atoms with Crippen LogP contribution < -0.4 is 0 Å². The van der Waals surface area contributed by atoms with Crippen LogP contribution >= 0.6 is 0 Å². The zero-order valence-corrected chi connectivity index (χ0v) is 8.55. The lowest BCUT2D eigenvalue weighted by Gasteiger charge is -2.31. The van der Waals surface area contributed by atoms with Crippen LogP contribution in [0.2, 0.25) is 0 Å². The normalized spacial score (nSPS) is 29.9. The van der Waals surface area contributed by atoms with Gasteiger partial charge in [-0.1, -0.05) is 0 Å². The van der Waals surface area contributed by atoms with Crippen molar-refractivity contribution in [3.8, 4) is 0 Å². The Kier molecular flexibility index (Phi) is 3.76. The van der Waals surface area contributed by atoms with Gasteiger partial charge in [-0.05, 0) is 38.5 Å². The van der Waals surface area contributed by atoms with E-state index in [1.54, 1.807) is 0 Å². The Morgan fingerprint density at radius 2 is 1.73 bits per heavy atom. The number of ketones is 1. The standard InChI is InChI=1S/C10H15F3O2/c1-6(14)7-2-4-8(5-3-7)9(15)10(11,12)13/h7-9,15H,2-5H2,1H3. The van der Waals surface area contributed by atoms with Crippen molar-refractivity contribution in [3.63, 3.8) is 0 Å². The van der Waals surface area contributed by atoms with Crippen molar-refractivity contribution in [2.45, 2.75) is 44.9 Å². The van der Waals surface area contributed by atoms with Gasteiger partial charge in [0.1, 0.15) is 5.78 Å². The van der Waals surface area contributed by atoms with Crippen molar-refractivity contribution in [2.24, 2.45) is 11.8 Å². The molecule has 1 unspecified atom stereocenters. The maximum atomic E-state index is 12.2. The zero-order chi connectivity index (χ0) is 11.6. The molecule has 1 atom stereocenters. The smallest absolute Gasteiger partial charge is 0.383 e. The summed E-state index contributed by atoms with van der Waals surface area (Å²) in [6.07, 6.45) is -5.27. The third kappa shape index (κ3) is 3.19. The third-order valence-corrected chi connectivity index (χ3v) is 3.13. The number of rotatable bonds is 2. The van der Waals surface area contributed by atoms with Crippen molar-refractivity contribution in [2.75, 3.05) is 0 Å². The summed E-state index contributed by atoms with van der Waals surface area (Å²) >= 11 is 0. The predicted molar refractivity (Wildman–Crippen MR) is 48.2 cm³/mol. The maximum Gasteiger partial charge on any atom is 0.414 e. The van der Waals surface area contributed by atoms with E-state index in [1.807, 2.05) is 0 Å². The lowest BCUT2D eigenvalue weighted by molar-refractivity contribution is -0.222. The van der Waals surface area contributed by atoms with Gasteiger partial charge >= 0.3 is 6.18 Å². The molecular formula is C10H15F3O2. The van der Waals surface area contributed by atoms with Gasteiger partial charge in [0.05, 0.1) is 0 Å². The first-order valence-corrected chi connectivity index (χ1v) is 5.07. The monoisotopic (exact) mass is 224 g/mol. The van der Waals surface area contributed by atoms with Gasteiger partial charge in [0.2, 0.25) is 0 Å².